The van der Waals surface area contributed by atoms with E-state index in [0.29, 0.717) is 45.1 Å². The Bertz CT molecular complexity index is 1190. The molecule has 1 heterocycles. The smallest absolute Gasteiger partial charge is 0.306 e. The first-order valence-electron chi connectivity index (χ1n) is 13.7. The average Bonchev–Trinajstić information content (AvgIpc) is 2.93. The predicted molar refractivity (Wildman–Crippen MR) is 151 cm³/mol. The maximum absolute atomic E-state index is 13.2. The van der Waals surface area contributed by atoms with Gasteiger partial charge in [0.1, 0.15) is 6.10 Å². The molecule has 0 saturated heterocycles. The van der Waals surface area contributed by atoms with Crippen molar-refractivity contribution in [3.05, 3.63) is 83.4 Å². The van der Waals surface area contributed by atoms with E-state index < -0.39 is 12.1 Å². The van der Waals surface area contributed by atoms with E-state index in [0.717, 1.165) is 16.7 Å². The number of cyclic esters (lactones) is 1. The maximum Gasteiger partial charge on any atom is 0.306 e. The van der Waals surface area contributed by atoms with Crippen LogP contribution in [0.3, 0.4) is 0 Å². The summed E-state index contributed by atoms with van der Waals surface area (Å²) < 4.78 is 5.82. The fourth-order valence-corrected chi connectivity index (χ4v) is 4.32. The molecule has 2 aromatic rings. The minimum Gasteiger partial charge on any atom is -0.481 e. The number of rotatable bonds is 11. The number of unbranched alkanes of at least 4 members (excludes halogenated alkanes) is 2. The molecule has 0 radical (unpaired) electrons. The van der Waals surface area contributed by atoms with Crippen LogP contribution in [0.5, 0.6) is 0 Å². The van der Waals surface area contributed by atoms with Gasteiger partial charge in [0.25, 0.3) is 0 Å². The van der Waals surface area contributed by atoms with Gasteiger partial charge in [0.2, 0.25) is 11.8 Å². The van der Waals surface area contributed by atoms with E-state index >= 15 is 0 Å². The van der Waals surface area contributed by atoms with Gasteiger partial charge >= 0.3 is 11.9 Å². The maximum atomic E-state index is 13.2. The SMILES string of the molecule is O=C(O)CCCCCC(=O)N/N=C/c1cccc(CN2C[C@@H](c3ccccc3)OC(=O)CC/C=C/CCC2=O)c1. The van der Waals surface area contributed by atoms with Crippen molar-refractivity contribution in [1.82, 2.24) is 10.3 Å². The number of aliphatic carboxylic acids is 1. The molecule has 2 N–H and O–H groups in total. The van der Waals surface area contributed by atoms with Gasteiger partial charge in [0.05, 0.1) is 12.8 Å². The Morgan fingerprint density at radius 1 is 0.975 bits per heavy atom. The molecule has 0 bridgehead atoms. The monoisotopic (exact) mass is 547 g/mol. The molecular formula is C31H37N3O6. The number of hydrogen-bond acceptors (Lipinski definition) is 6. The van der Waals surface area contributed by atoms with E-state index in [1.807, 2.05) is 66.7 Å². The molecule has 2 amide bonds. The van der Waals surface area contributed by atoms with E-state index in [4.69, 9.17) is 9.84 Å². The number of carboxylic acids is 1. The van der Waals surface area contributed by atoms with Crippen LogP contribution in [0.4, 0.5) is 0 Å². The number of carbonyl (C=O) groups is 4. The highest BCUT2D eigenvalue weighted by molar-refractivity contribution is 5.82. The minimum atomic E-state index is -0.833. The molecule has 0 unspecified atom stereocenters. The van der Waals surface area contributed by atoms with Crippen molar-refractivity contribution in [3.8, 4) is 0 Å². The van der Waals surface area contributed by atoms with Crippen LogP contribution < -0.4 is 5.43 Å². The number of hydrogen-bond donors (Lipinski definition) is 2. The first-order chi connectivity index (χ1) is 19.4. The summed E-state index contributed by atoms with van der Waals surface area (Å²) in [6.45, 7) is 0.562. The van der Waals surface area contributed by atoms with E-state index in [1.165, 1.54) is 0 Å². The third-order valence-corrected chi connectivity index (χ3v) is 6.41. The highest BCUT2D eigenvalue weighted by Gasteiger charge is 2.24. The van der Waals surface area contributed by atoms with Crippen molar-refractivity contribution < 1.29 is 29.0 Å². The fourth-order valence-electron chi connectivity index (χ4n) is 4.32. The van der Waals surface area contributed by atoms with E-state index in [9.17, 15) is 19.2 Å². The standard InChI is InChI=1S/C31H37N3O6/c35-28(16-7-4-9-18-30(37)38)33-32-21-24-12-11-13-25(20-24)22-34-23-27(26-14-5-3-6-15-26)40-31(39)19-10-2-1-8-17-29(34)36/h1-3,5-6,11-15,20-21,27H,4,7-10,16-19,22-23H2,(H,33,35)(H,37,38)/b2-1+,32-21+/t27-/m0/s1. The molecule has 0 saturated carbocycles. The zero-order valence-corrected chi connectivity index (χ0v) is 22.7. The number of carboxylic acid groups (broad SMARTS) is 1. The van der Waals surface area contributed by atoms with Crippen molar-refractivity contribution in [2.45, 2.75) is 70.4 Å². The summed E-state index contributed by atoms with van der Waals surface area (Å²) in [5.74, 6) is -1.40. The molecule has 212 valence electrons. The van der Waals surface area contributed by atoms with Crippen LogP contribution >= 0.6 is 0 Å². The lowest BCUT2D eigenvalue weighted by atomic mass is 10.1. The molecule has 0 aromatic heterocycles. The van der Waals surface area contributed by atoms with Gasteiger partial charge in [-0.2, -0.15) is 5.10 Å². The second-order valence-corrected chi connectivity index (χ2v) is 9.70. The topological polar surface area (TPSA) is 125 Å². The summed E-state index contributed by atoms with van der Waals surface area (Å²) >= 11 is 0. The Hall–Kier alpha value is -4.27. The molecule has 9 nitrogen and oxygen atoms in total. The Kier molecular flexibility index (Phi) is 12.6. The number of esters is 1. The molecule has 0 spiro atoms. The molecule has 2 aromatic carbocycles. The number of allylic oxidation sites excluding steroid dienone is 2. The third kappa shape index (κ3) is 11.2. The van der Waals surface area contributed by atoms with Gasteiger partial charge < -0.3 is 14.7 Å². The summed E-state index contributed by atoms with van der Waals surface area (Å²) in [5, 5.41) is 12.7. The Morgan fingerprint density at radius 3 is 2.50 bits per heavy atom. The van der Waals surface area contributed by atoms with Gasteiger partial charge in [-0.25, -0.2) is 5.43 Å². The fraction of sp³-hybridized carbons (Fsp3) is 0.387. The molecule has 9 heteroatoms. The van der Waals surface area contributed by atoms with Crippen molar-refractivity contribution in [2.75, 3.05) is 6.54 Å². The molecule has 3 rings (SSSR count). The molecule has 1 aliphatic rings. The quantitative estimate of drug-likeness (QED) is 0.135. The van der Waals surface area contributed by atoms with Crippen LogP contribution in [-0.2, 0) is 30.5 Å². The number of ether oxygens (including phenoxy) is 1. The number of nitrogens with zero attached hydrogens (tertiary/aromatic N) is 2. The van der Waals surface area contributed by atoms with Crippen LogP contribution in [0.1, 0.15) is 80.6 Å². The van der Waals surface area contributed by atoms with Gasteiger partial charge in [0.15, 0.2) is 0 Å². The Morgan fingerprint density at radius 2 is 1.73 bits per heavy atom. The lowest BCUT2D eigenvalue weighted by Gasteiger charge is -2.28. The number of benzene rings is 2. The largest absolute Gasteiger partial charge is 0.481 e. The lowest BCUT2D eigenvalue weighted by Crippen LogP contribution is -2.35. The van der Waals surface area contributed by atoms with Crippen LogP contribution in [0.15, 0.2) is 71.9 Å². The molecule has 1 aliphatic heterocycles. The second-order valence-electron chi connectivity index (χ2n) is 9.70. The number of hydrazone groups is 1. The van der Waals surface area contributed by atoms with E-state index in [-0.39, 0.29) is 43.6 Å². The third-order valence-electron chi connectivity index (χ3n) is 6.41. The second kappa shape index (κ2) is 16.6. The van der Waals surface area contributed by atoms with Crippen molar-refractivity contribution in [2.24, 2.45) is 5.10 Å². The summed E-state index contributed by atoms with van der Waals surface area (Å²) in [5.41, 5.74) is 4.97. The van der Waals surface area contributed by atoms with Gasteiger partial charge in [0, 0.05) is 32.2 Å². The lowest BCUT2D eigenvalue weighted by molar-refractivity contribution is -0.152. The predicted octanol–water partition coefficient (Wildman–Crippen LogP) is 4.92. The highest BCUT2D eigenvalue weighted by Crippen LogP contribution is 2.22. The van der Waals surface area contributed by atoms with E-state index in [1.54, 1.807) is 11.1 Å². The molecule has 1 atom stereocenters. The van der Waals surface area contributed by atoms with Gasteiger partial charge in [-0.3, -0.25) is 19.2 Å². The van der Waals surface area contributed by atoms with Crippen molar-refractivity contribution >= 4 is 30.0 Å². The van der Waals surface area contributed by atoms with E-state index in [2.05, 4.69) is 10.5 Å². The number of nitrogens with one attached hydrogen (secondary N) is 1. The summed E-state index contributed by atoms with van der Waals surface area (Å²) in [7, 11) is 0. The van der Waals surface area contributed by atoms with Gasteiger partial charge in [-0.05, 0) is 48.4 Å². The summed E-state index contributed by atoms with van der Waals surface area (Å²) in [4.78, 5) is 50.0. The molecular weight excluding hydrogens is 510 g/mol. The average molecular weight is 548 g/mol. The van der Waals surface area contributed by atoms with Crippen molar-refractivity contribution in [1.29, 1.82) is 0 Å². The Balaban J connectivity index is 1.65. The van der Waals surface area contributed by atoms with Gasteiger partial charge in [-0.1, -0.05) is 67.1 Å². The zero-order chi connectivity index (χ0) is 28.6. The van der Waals surface area contributed by atoms with Crippen LogP contribution in [-0.4, -0.2) is 46.5 Å². The van der Waals surface area contributed by atoms with Gasteiger partial charge in [-0.15, -0.1) is 0 Å². The first kappa shape index (κ1) is 30.3. The van der Waals surface area contributed by atoms with Crippen molar-refractivity contribution in [3.63, 3.8) is 0 Å². The Labute approximate surface area is 234 Å². The van der Waals surface area contributed by atoms with Crippen LogP contribution in [0, 0.1) is 0 Å². The normalized spacial score (nSPS) is 17.5. The molecule has 40 heavy (non-hydrogen) atoms. The summed E-state index contributed by atoms with van der Waals surface area (Å²) in [6.07, 6.45) is 8.84. The minimum absolute atomic E-state index is 0.0307. The summed E-state index contributed by atoms with van der Waals surface area (Å²) in [6, 6.07) is 17.0. The number of carbonyl (C=O) groups excluding carboxylic acids is 3. The molecule has 0 fully saturated rings. The highest BCUT2D eigenvalue weighted by atomic mass is 16.5. The number of amides is 2. The van der Waals surface area contributed by atoms with Crippen LogP contribution in [0.2, 0.25) is 0 Å². The van der Waals surface area contributed by atoms with Crippen LogP contribution in [0.25, 0.3) is 0 Å². The zero-order valence-electron chi connectivity index (χ0n) is 22.7. The first-order valence-corrected chi connectivity index (χ1v) is 13.7. The molecule has 0 aliphatic carbocycles.